The summed E-state index contributed by atoms with van der Waals surface area (Å²) in [6, 6.07) is 1.92. The zero-order valence-electron chi connectivity index (χ0n) is 9.41. The molecule has 3 rings (SSSR count). The maximum atomic E-state index is 10.8. The first-order valence-electron chi connectivity index (χ1n) is 5.12. The van der Waals surface area contributed by atoms with Gasteiger partial charge in [0.1, 0.15) is 5.69 Å². The number of carbonyl (C=O) groups is 1. The van der Waals surface area contributed by atoms with Crippen LogP contribution in [0.1, 0.15) is 15.4 Å². The molecule has 0 radical (unpaired) electrons. The lowest BCUT2D eigenvalue weighted by atomic mass is 10.3. The lowest BCUT2D eigenvalue weighted by Gasteiger charge is -1.95. The van der Waals surface area contributed by atoms with Crippen molar-refractivity contribution in [2.75, 3.05) is 0 Å². The molecule has 17 heavy (non-hydrogen) atoms. The number of carbonyl (C=O) groups excluding carboxylic acids is 1. The van der Waals surface area contributed by atoms with Gasteiger partial charge in [-0.15, -0.1) is 0 Å². The topological polar surface area (TPSA) is 52.2 Å². The number of nitrogens with zero attached hydrogens (tertiary/aromatic N) is 4. The molecule has 0 bridgehead atoms. The predicted octanol–water partition coefficient (Wildman–Crippen LogP) is 1.92. The van der Waals surface area contributed by atoms with Gasteiger partial charge in [0.25, 0.3) is 0 Å². The molecule has 0 aromatic carbocycles. The van der Waals surface area contributed by atoms with E-state index < -0.39 is 0 Å². The minimum atomic E-state index is 0.726. The van der Waals surface area contributed by atoms with Crippen molar-refractivity contribution >= 4 is 22.6 Å². The molecule has 0 aliphatic rings. The summed E-state index contributed by atoms with van der Waals surface area (Å²) >= 11 is 1.40. The van der Waals surface area contributed by atoms with E-state index in [0.29, 0.717) is 0 Å². The number of fused-ring (bicyclic) bond motifs is 1. The van der Waals surface area contributed by atoms with Crippen LogP contribution in [0.25, 0.3) is 16.3 Å². The van der Waals surface area contributed by atoms with Gasteiger partial charge in [0.15, 0.2) is 11.2 Å². The zero-order chi connectivity index (χ0) is 12.0. The Labute approximate surface area is 101 Å². The fraction of sp³-hybridized carbons (Fsp3) is 0.182. The number of rotatable bonds is 2. The first-order valence-corrected chi connectivity index (χ1v) is 5.94. The van der Waals surface area contributed by atoms with Gasteiger partial charge >= 0.3 is 0 Å². The van der Waals surface area contributed by atoms with E-state index in [1.165, 1.54) is 11.3 Å². The molecular weight excluding hydrogens is 236 g/mol. The Morgan fingerprint density at radius 1 is 1.47 bits per heavy atom. The first kappa shape index (κ1) is 10.2. The van der Waals surface area contributed by atoms with Crippen LogP contribution < -0.4 is 0 Å². The Kier molecular flexibility index (Phi) is 2.12. The summed E-state index contributed by atoms with van der Waals surface area (Å²) < 4.78 is 3.72. The minimum Gasteiger partial charge on any atom is -0.297 e. The lowest BCUT2D eigenvalue weighted by molar-refractivity contribution is 0.112. The Morgan fingerprint density at radius 3 is 2.88 bits per heavy atom. The number of imidazole rings is 1. The number of hydrogen-bond donors (Lipinski definition) is 0. The average molecular weight is 246 g/mol. The maximum absolute atomic E-state index is 10.8. The van der Waals surface area contributed by atoms with Gasteiger partial charge in [0.05, 0.1) is 10.6 Å². The van der Waals surface area contributed by atoms with Gasteiger partial charge in [-0.3, -0.25) is 13.9 Å². The first-order chi connectivity index (χ1) is 8.20. The van der Waals surface area contributed by atoms with Crippen molar-refractivity contribution in [1.29, 1.82) is 0 Å². The van der Waals surface area contributed by atoms with Crippen LogP contribution in [0.4, 0.5) is 0 Å². The van der Waals surface area contributed by atoms with Crippen molar-refractivity contribution in [3.8, 4) is 11.4 Å². The van der Waals surface area contributed by atoms with E-state index in [4.69, 9.17) is 0 Å². The summed E-state index contributed by atoms with van der Waals surface area (Å²) in [6.07, 6.45) is 4.55. The number of hydrogen-bond acceptors (Lipinski definition) is 4. The number of aromatic nitrogens is 4. The second-order valence-corrected chi connectivity index (χ2v) is 4.80. The second kappa shape index (κ2) is 3.53. The molecule has 0 saturated carbocycles. The largest absolute Gasteiger partial charge is 0.297 e. The quantitative estimate of drug-likeness (QED) is 0.649. The van der Waals surface area contributed by atoms with Gasteiger partial charge in [-0.05, 0) is 13.0 Å². The second-order valence-electron chi connectivity index (χ2n) is 3.79. The van der Waals surface area contributed by atoms with E-state index in [9.17, 15) is 4.79 Å². The molecule has 0 saturated heterocycles. The standard InChI is InChI=1S/C11H10N4OS/c1-7-10(6-16)17-11-13-8(5-15(7)11)9-3-4-12-14(9)2/h3-6H,1-2H3. The molecule has 6 heteroatoms. The molecule has 0 aliphatic carbocycles. The summed E-state index contributed by atoms with van der Waals surface area (Å²) in [5, 5.41) is 4.12. The molecular formula is C11H10N4OS. The smallest absolute Gasteiger partial charge is 0.195 e. The van der Waals surface area contributed by atoms with Crippen molar-refractivity contribution < 1.29 is 4.79 Å². The van der Waals surface area contributed by atoms with Crippen LogP contribution in [0.5, 0.6) is 0 Å². The van der Waals surface area contributed by atoms with Crippen molar-refractivity contribution in [2.24, 2.45) is 7.05 Å². The molecule has 3 aromatic rings. The molecule has 0 fully saturated rings. The number of thiazole rings is 1. The molecule has 5 nitrogen and oxygen atoms in total. The van der Waals surface area contributed by atoms with Crippen LogP contribution in [-0.4, -0.2) is 25.5 Å². The van der Waals surface area contributed by atoms with Crippen LogP contribution in [0.2, 0.25) is 0 Å². The summed E-state index contributed by atoms with van der Waals surface area (Å²) in [5.41, 5.74) is 2.77. The summed E-state index contributed by atoms with van der Waals surface area (Å²) in [4.78, 5) is 16.9. The van der Waals surface area contributed by atoms with Crippen molar-refractivity contribution in [2.45, 2.75) is 6.92 Å². The average Bonchev–Trinajstić information content (AvgIpc) is 2.95. The van der Waals surface area contributed by atoms with Gasteiger partial charge in [-0.2, -0.15) is 5.10 Å². The molecule has 0 N–H and O–H groups in total. The SMILES string of the molecule is Cc1c(C=O)sc2nc(-c3ccnn3C)cn12. The van der Waals surface area contributed by atoms with Gasteiger partial charge in [0.2, 0.25) is 0 Å². The number of aldehydes is 1. The highest BCUT2D eigenvalue weighted by molar-refractivity contribution is 7.18. The molecule has 0 aliphatic heterocycles. The van der Waals surface area contributed by atoms with Gasteiger partial charge in [0, 0.05) is 25.1 Å². The van der Waals surface area contributed by atoms with E-state index in [1.807, 2.05) is 30.6 Å². The van der Waals surface area contributed by atoms with Gasteiger partial charge < -0.3 is 0 Å². The molecule has 3 aromatic heterocycles. The third-order valence-electron chi connectivity index (χ3n) is 2.78. The Balaban J connectivity index is 2.22. The molecule has 86 valence electrons. The van der Waals surface area contributed by atoms with Crippen LogP contribution in [-0.2, 0) is 7.05 Å². The monoisotopic (exact) mass is 246 g/mol. The molecule has 3 heterocycles. The van der Waals surface area contributed by atoms with Crippen molar-refractivity contribution in [1.82, 2.24) is 19.2 Å². The summed E-state index contributed by atoms with van der Waals surface area (Å²) in [7, 11) is 1.88. The summed E-state index contributed by atoms with van der Waals surface area (Å²) in [5.74, 6) is 0. The van der Waals surface area contributed by atoms with E-state index >= 15 is 0 Å². The third-order valence-corrected chi connectivity index (χ3v) is 3.87. The van der Waals surface area contributed by atoms with Gasteiger partial charge in [-0.25, -0.2) is 4.98 Å². The summed E-state index contributed by atoms with van der Waals surface area (Å²) in [6.45, 7) is 1.92. The van der Waals surface area contributed by atoms with E-state index in [0.717, 1.165) is 33.2 Å². The maximum Gasteiger partial charge on any atom is 0.195 e. The minimum absolute atomic E-state index is 0.726. The van der Waals surface area contributed by atoms with E-state index in [1.54, 1.807) is 10.9 Å². The molecule has 0 amide bonds. The number of aryl methyl sites for hydroxylation is 2. The van der Waals surface area contributed by atoms with Crippen molar-refractivity contribution in [3.05, 3.63) is 29.0 Å². The fourth-order valence-corrected chi connectivity index (χ4v) is 2.75. The van der Waals surface area contributed by atoms with E-state index in [2.05, 4.69) is 10.1 Å². The Hall–Kier alpha value is -1.95. The predicted molar refractivity (Wildman–Crippen MR) is 65.4 cm³/mol. The molecule has 0 atom stereocenters. The van der Waals surface area contributed by atoms with Crippen LogP contribution in [0.15, 0.2) is 18.5 Å². The Morgan fingerprint density at radius 2 is 2.29 bits per heavy atom. The zero-order valence-corrected chi connectivity index (χ0v) is 10.2. The van der Waals surface area contributed by atoms with Crippen LogP contribution in [0, 0.1) is 6.92 Å². The van der Waals surface area contributed by atoms with Crippen molar-refractivity contribution in [3.63, 3.8) is 0 Å². The highest BCUT2D eigenvalue weighted by Crippen LogP contribution is 2.25. The highest BCUT2D eigenvalue weighted by Gasteiger charge is 2.13. The third kappa shape index (κ3) is 1.41. The normalized spacial score (nSPS) is 11.2. The van der Waals surface area contributed by atoms with Crippen LogP contribution >= 0.6 is 11.3 Å². The molecule has 0 spiro atoms. The lowest BCUT2D eigenvalue weighted by Crippen LogP contribution is -1.93. The van der Waals surface area contributed by atoms with Crippen LogP contribution in [0.3, 0.4) is 0 Å². The fourth-order valence-electron chi connectivity index (χ4n) is 1.82. The molecule has 0 unspecified atom stereocenters. The van der Waals surface area contributed by atoms with Gasteiger partial charge in [-0.1, -0.05) is 11.3 Å². The highest BCUT2D eigenvalue weighted by atomic mass is 32.1. The van der Waals surface area contributed by atoms with E-state index in [-0.39, 0.29) is 0 Å². The Bertz CT molecular complexity index is 706.